The maximum absolute atomic E-state index is 12.3. The Labute approximate surface area is 129 Å². The van der Waals surface area contributed by atoms with E-state index >= 15 is 0 Å². The number of hydrogen-bond donors (Lipinski definition) is 0. The third kappa shape index (κ3) is 2.82. The van der Waals surface area contributed by atoms with Crippen molar-refractivity contribution in [3.8, 4) is 0 Å². The van der Waals surface area contributed by atoms with E-state index in [4.69, 9.17) is 0 Å². The minimum absolute atomic E-state index is 0.0123. The number of fused-ring (bicyclic) bond motifs is 1. The van der Waals surface area contributed by atoms with Crippen molar-refractivity contribution in [1.29, 1.82) is 0 Å². The Morgan fingerprint density at radius 1 is 1.38 bits per heavy atom. The van der Waals surface area contributed by atoms with Gasteiger partial charge in [0.15, 0.2) is 5.78 Å². The van der Waals surface area contributed by atoms with Gasteiger partial charge in [-0.25, -0.2) is 4.98 Å². The first-order chi connectivity index (χ1) is 10.2. The quantitative estimate of drug-likeness (QED) is 0.677. The van der Waals surface area contributed by atoms with Crippen molar-refractivity contribution in [2.45, 2.75) is 26.3 Å². The third-order valence-corrected chi connectivity index (χ3v) is 5.31. The van der Waals surface area contributed by atoms with Crippen LogP contribution >= 0.6 is 22.7 Å². The molecule has 108 valence electrons. The van der Waals surface area contributed by atoms with Gasteiger partial charge < -0.3 is 0 Å². The van der Waals surface area contributed by atoms with Crippen LogP contribution in [-0.4, -0.2) is 15.3 Å². The highest BCUT2D eigenvalue weighted by Gasteiger charge is 2.10. The van der Waals surface area contributed by atoms with E-state index in [1.165, 1.54) is 22.7 Å². The third-order valence-electron chi connectivity index (χ3n) is 3.32. The van der Waals surface area contributed by atoms with Crippen LogP contribution in [0.15, 0.2) is 34.0 Å². The zero-order valence-corrected chi connectivity index (χ0v) is 13.2. The first-order valence-electron chi connectivity index (χ1n) is 6.67. The van der Waals surface area contributed by atoms with E-state index < -0.39 is 0 Å². The molecule has 0 aliphatic carbocycles. The van der Waals surface area contributed by atoms with E-state index in [1.807, 2.05) is 29.8 Å². The van der Waals surface area contributed by atoms with Gasteiger partial charge in [-0.05, 0) is 35.7 Å². The summed E-state index contributed by atoms with van der Waals surface area (Å²) in [6, 6.07) is 3.71. The highest BCUT2D eigenvalue weighted by atomic mass is 32.1. The molecule has 0 N–H and O–H groups in total. The molecule has 21 heavy (non-hydrogen) atoms. The Bertz CT molecular complexity index is 831. The predicted octanol–water partition coefficient (Wildman–Crippen LogP) is 3.49. The Balaban J connectivity index is 1.70. The minimum Gasteiger partial charge on any atom is -0.298 e. The molecule has 0 aliphatic heterocycles. The summed E-state index contributed by atoms with van der Waals surface area (Å²) >= 11 is 2.89. The van der Waals surface area contributed by atoms with Crippen molar-refractivity contribution in [3.63, 3.8) is 0 Å². The standard InChI is InChI=1S/C15H14N2O2S2/c1-10-8-21-14-13(10)16-9-17(15(14)19)6-2-4-11(18)12-5-3-7-20-12/h3,5,7-9H,2,4,6H2,1H3. The number of hydrogen-bond acceptors (Lipinski definition) is 5. The van der Waals surface area contributed by atoms with Crippen molar-refractivity contribution < 1.29 is 4.79 Å². The molecule has 0 aliphatic rings. The molecule has 6 heteroatoms. The van der Waals surface area contributed by atoms with E-state index in [2.05, 4.69) is 4.98 Å². The van der Waals surface area contributed by atoms with Crippen LogP contribution in [-0.2, 0) is 6.54 Å². The van der Waals surface area contributed by atoms with E-state index in [9.17, 15) is 9.59 Å². The Morgan fingerprint density at radius 2 is 2.24 bits per heavy atom. The molecule has 0 saturated carbocycles. The summed E-state index contributed by atoms with van der Waals surface area (Å²) in [7, 11) is 0. The topological polar surface area (TPSA) is 52.0 Å². The smallest absolute Gasteiger partial charge is 0.271 e. The molecule has 3 rings (SSSR count). The van der Waals surface area contributed by atoms with Gasteiger partial charge in [-0.15, -0.1) is 22.7 Å². The maximum atomic E-state index is 12.3. The summed E-state index contributed by atoms with van der Waals surface area (Å²) in [5.74, 6) is 0.138. The van der Waals surface area contributed by atoms with Gasteiger partial charge >= 0.3 is 0 Å². The molecule has 0 unspecified atom stereocenters. The van der Waals surface area contributed by atoms with Crippen LogP contribution in [0.25, 0.3) is 10.2 Å². The van der Waals surface area contributed by atoms with Crippen LogP contribution in [0.3, 0.4) is 0 Å². The van der Waals surface area contributed by atoms with E-state index in [-0.39, 0.29) is 11.3 Å². The number of rotatable bonds is 5. The Kier molecular flexibility index (Phi) is 3.98. The van der Waals surface area contributed by atoms with Gasteiger partial charge in [-0.3, -0.25) is 14.2 Å². The molecule has 3 heterocycles. The fourth-order valence-corrected chi connectivity index (χ4v) is 3.83. The van der Waals surface area contributed by atoms with Crippen LogP contribution in [0.5, 0.6) is 0 Å². The van der Waals surface area contributed by atoms with Crippen molar-refractivity contribution in [2.24, 2.45) is 0 Å². The lowest BCUT2D eigenvalue weighted by Crippen LogP contribution is -2.20. The highest BCUT2D eigenvalue weighted by Crippen LogP contribution is 2.19. The molecular formula is C15H14N2O2S2. The first kappa shape index (κ1) is 14.2. The van der Waals surface area contributed by atoms with Gasteiger partial charge in [0.25, 0.3) is 5.56 Å². The second-order valence-electron chi connectivity index (χ2n) is 4.84. The lowest BCUT2D eigenvalue weighted by Gasteiger charge is -2.04. The van der Waals surface area contributed by atoms with Gasteiger partial charge in [0.05, 0.1) is 16.7 Å². The molecule has 0 saturated heterocycles. The van der Waals surface area contributed by atoms with E-state index in [1.54, 1.807) is 10.9 Å². The predicted molar refractivity (Wildman–Crippen MR) is 86.5 cm³/mol. The lowest BCUT2D eigenvalue weighted by molar-refractivity contribution is 0.0982. The van der Waals surface area contributed by atoms with Gasteiger partial charge in [0.2, 0.25) is 0 Å². The molecule has 3 aromatic heterocycles. The average Bonchev–Trinajstić information content (AvgIpc) is 3.12. The number of aromatic nitrogens is 2. The molecule has 0 atom stereocenters. The number of carbonyl (C=O) groups excluding carboxylic acids is 1. The van der Waals surface area contributed by atoms with Crippen LogP contribution in [0, 0.1) is 6.92 Å². The second kappa shape index (κ2) is 5.91. The SMILES string of the molecule is Cc1csc2c(=O)n(CCCC(=O)c3cccs3)cnc12. The van der Waals surface area contributed by atoms with Crippen LogP contribution in [0.2, 0.25) is 0 Å². The summed E-state index contributed by atoms with van der Waals surface area (Å²) < 4.78 is 2.29. The number of nitrogens with zero attached hydrogens (tertiary/aromatic N) is 2. The summed E-state index contributed by atoms with van der Waals surface area (Å²) in [4.78, 5) is 29.3. The summed E-state index contributed by atoms with van der Waals surface area (Å²) in [5.41, 5.74) is 1.81. The molecule has 4 nitrogen and oxygen atoms in total. The molecule has 0 amide bonds. The molecule has 0 aromatic carbocycles. The lowest BCUT2D eigenvalue weighted by atomic mass is 10.2. The highest BCUT2D eigenvalue weighted by molar-refractivity contribution is 7.17. The number of ketones is 1. The monoisotopic (exact) mass is 318 g/mol. The largest absolute Gasteiger partial charge is 0.298 e. The first-order valence-corrected chi connectivity index (χ1v) is 8.42. The van der Waals surface area contributed by atoms with E-state index in [0.29, 0.717) is 24.1 Å². The van der Waals surface area contributed by atoms with Crippen molar-refractivity contribution >= 4 is 38.7 Å². The fraction of sp³-hybridized carbons (Fsp3) is 0.267. The summed E-state index contributed by atoms with van der Waals surface area (Å²) in [6.07, 6.45) is 2.68. The normalized spacial score (nSPS) is 11.1. The Hall–Kier alpha value is -1.79. The van der Waals surface area contributed by atoms with Crippen molar-refractivity contribution in [2.75, 3.05) is 0 Å². The van der Waals surface area contributed by atoms with Crippen LogP contribution < -0.4 is 5.56 Å². The number of thiophene rings is 2. The van der Waals surface area contributed by atoms with Gasteiger partial charge in [-0.1, -0.05) is 6.07 Å². The van der Waals surface area contributed by atoms with Gasteiger partial charge in [-0.2, -0.15) is 0 Å². The second-order valence-corrected chi connectivity index (χ2v) is 6.67. The molecule has 3 aromatic rings. The Morgan fingerprint density at radius 3 is 3.00 bits per heavy atom. The van der Waals surface area contributed by atoms with Gasteiger partial charge in [0, 0.05) is 13.0 Å². The number of carbonyl (C=O) groups is 1. The molecule has 0 fully saturated rings. The van der Waals surface area contributed by atoms with Gasteiger partial charge in [0.1, 0.15) is 4.70 Å². The number of Topliss-reactive ketones (excluding diaryl/α,β-unsaturated/α-hetero) is 1. The van der Waals surface area contributed by atoms with E-state index in [0.717, 1.165) is 16.0 Å². The van der Waals surface area contributed by atoms with Crippen LogP contribution in [0.1, 0.15) is 28.1 Å². The summed E-state index contributed by atoms with van der Waals surface area (Å²) in [6.45, 7) is 2.48. The minimum atomic E-state index is -0.0123. The van der Waals surface area contributed by atoms with Crippen molar-refractivity contribution in [1.82, 2.24) is 9.55 Å². The molecular weight excluding hydrogens is 304 g/mol. The summed E-state index contributed by atoms with van der Waals surface area (Å²) in [5, 5.41) is 3.85. The average molecular weight is 318 g/mol. The fourth-order valence-electron chi connectivity index (χ4n) is 2.19. The number of aryl methyl sites for hydroxylation is 2. The zero-order valence-electron chi connectivity index (χ0n) is 11.5. The maximum Gasteiger partial charge on any atom is 0.271 e. The molecule has 0 bridgehead atoms. The van der Waals surface area contributed by atoms with Crippen molar-refractivity contribution in [3.05, 3.63) is 50.0 Å². The zero-order chi connectivity index (χ0) is 14.8. The molecule has 0 radical (unpaired) electrons. The van der Waals surface area contributed by atoms with Crippen LogP contribution in [0.4, 0.5) is 0 Å². The molecule has 0 spiro atoms.